The lowest BCUT2D eigenvalue weighted by Crippen LogP contribution is -1.96. The summed E-state index contributed by atoms with van der Waals surface area (Å²) in [4.78, 5) is 11.3. The normalized spacial score (nSPS) is 10.7. The summed E-state index contributed by atoms with van der Waals surface area (Å²) < 4.78 is 5.52. The third-order valence-electron chi connectivity index (χ3n) is 2.61. The van der Waals surface area contributed by atoms with E-state index in [2.05, 4.69) is 6.08 Å². The van der Waals surface area contributed by atoms with Crippen LogP contribution in [0.5, 0.6) is 5.75 Å². The predicted octanol–water partition coefficient (Wildman–Crippen LogP) is 4.16. The second-order valence-corrected chi connectivity index (χ2v) is 4.28. The summed E-state index contributed by atoms with van der Waals surface area (Å²) in [6, 6.07) is 9.77. The molecule has 0 radical (unpaired) electrons. The molecule has 0 unspecified atom stereocenters. The van der Waals surface area contributed by atoms with Crippen LogP contribution in [0.1, 0.15) is 39.0 Å². The van der Waals surface area contributed by atoms with Crippen molar-refractivity contribution in [3.8, 4) is 5.75 Å². The number of unbranched alkanes of at least 4 members (excludes halogenated alkanes) is 1. The van der Waals surface area contributed by atoms with Crippen LogP contribution in [0.15, 0.2) is 42.5 Å². The molecular formula is C16H22O2. The van der Waals surface area contributed by atoms with Crippen molar-refractivity contribution >= 4 is 5.78 Å². The number of carbonyl (C=O) groups is 1. The van der Waals surface area contributed by atoms with E-state index in [4.69, 9.17) is 4.74 Å². The average Bonchev–Trinajstić information content (AvgIpc) is 2.39. The van der Waals surface area contributed by atoms with E-state index >= 15 is 0 Å². The van der Waals surface area contributed by atoms with Crippen LogP contribution in [0.3, 0.4) is 0 Å². The highest BCUT2D eigenvalue weighted by molar-refractivity contribution is 5.78. The maximum absolute atomic E-state index is 11.3. The molecule has 0 aliphatic carbocycles. The van der Waals surface area contributed by atoms with Gasteiger partial charge in [-0.1, -0.05) is 37.3 Å². The molecule has 0 heterocycles. The van der Waals surface area contributed by atoms with Crippen LogP contribution in [0, 0.1) is 0 Å². The van der Waals surface area contributed by atoms with Gasteiger partial charge in [-0.25, -0.2) is 0 Å². The Morgan fingerprint density at radius 1 is 1.17 bits per heavy atom. The van der Waals surface area contributed by atoms with Crippen molar-refractivity contribution in [3.63, 3.8) is 0 Å². The van der Waals surface area contributed by atoms with Gasteiger partial charge in [0, 0.05) is 12.8 Å². The highest BCUT2D eigenvalue weighted by atomic mass is 16.5. The van der Waals surface area contributed by atoms with E-state index < -0.39 is 0 Å². The van der Waals surface area contributed by atoms with E-state index in [0.29, 0.717) is 18.8 Å². The van der Waals surface area contributed by atoms with Crippen LogP contribution in [0.25, 0.3) is 0 Å². The Morgan fingerprint density at radius 3 is 2.67 bits per heavy atom. The number of ketones is 1. The molecular weight excluding hydrogens is 224 g/mol. The molecule has 1 aromatic carbocycles. The molecule has 0 saturated heterocycles. The fraction of sp³-hybridized carbons (Fsp3) is 0.438. The Hall–Kier alpha value is -1.57. The lowest BCUT2D eigenvalue weighted by molar-refractivity contribution is -0.119. The fourth-order valence-corrected chi connectivity index (χ4v) is 1.67. The standard InChI is InChI=1S/C16H22O2/c1-2-10-15(17)11-6-3-4-9-14-18-16-12-7-5-8-13-16/h4-5,7-9,12-13H,2-3,6,10-11,14H2,1H3. The van der Waals surface area contributed by atoms with Crippen LogP contribution in [-0.4, -0.2) is 12.4 Å². The molecule has 0 aliphatic rings. The number of carbonyl (C=O) groups excluding carboxylic acids is 1. The van der Waals surface area contributed by atoms with Gasteiger partial charge in [-0.2, -0.15) is 0 Å². The number of para-hydroxylation sites is 1. The van der Waals surface area contributed by atoms with Gasteiger partial charge < -0.3 is 4.74 Å². The van der Waals surface area contributed by atoms with Gasteiger partial charge in [0.15, 0.2) is 0 Å². The van der Waals surface area contributed by atoms with Crippen molar-refractivity contribution in [3.05, 3.63) is 42.5 Å². The highest BCUT2D eigenvalue weighted by Crippen LogP contribution is 2.08. The zero-order valence-electron chi connectivity index (χ0n) is 11.1. The maximum Gasteiger partial charge on any atom is 0.132 e. The molecule has 0 saturated carbocycles. The number of hydrogen-bond acceptors (Lipinski definition) is 2. The summed E-state index contributed by atoms with van der Waals surface area (Å²) in [5.41, 5.74) is 0. The van der Waals surface area contributed by atoms with E-state index in [1.807, 2.05) is 43.3 Å². The summed E-state index contributed by atoms with van der Waals surface area (Å²) in [5.74, 6) is 1.27. The topological polar surface area (TPSA) is 26.3 Å². The van der Waals surface area contributed by atoms with Crippen molar-refractivity contribution in [2.45, 2.75) is 39.0 Å². The van der Waals surface area contributed by atoms with Crippen LogP contribution >= 0.6 is 0 Å². The third kappa shape index (κ3) is 6.89. The van der Waals surface area contributed by atoms with Crippen LogP contribution in [0.2, 0.25) is 0 Å². The van der Waals surface area contributed by atoms with Gasteiger partial charge in [0.05, 0.1) is 0 Å². The first kappa shape index (κ1) is 14.5. The fourth-order valence-electron chi connectivity index (χ4n) is 1.67. The average molecular weight is 246 g/mol. The minimum Gasteiger partial charge on any atom is -0.490 e. The molecule has 0 fully saturated rings. The van der Waals surface area contributed by atoms with E-state index in [1.165, 1.54) is 0 Å². The minimum atomic E-state index is 0.381. The molecule has 0 aliphatic heterocycles. The molecule has 2 nitrogen and oxygen atoms in total. The first-order chi connectivity index (χ1) is 8.83. The number of hydrogen-bond donors (Lipinski definition) is 0. The van der Waals surface area contributed by atoms with E-state index in [0.717, 1.165) is 31.4 Å². The summed E-state index contributed by atoms with van der Waals surface area (Å²) >= 11 is 0. The molecule has 2 heteroatoms. The van der Waals surface area contributed by atoms with Crippen molar-refractivity contribution in [1.29, 1.82) is 0 Å². The van der Waals surface area contributed by atoms with Crippen LogP contribution < -0.4 is 4.74 Å². The van der Waals surface area contributed by atoms with Crippen molar-refractivity contribution in [1.82, 2.24) is 0 Å². The van der Waals surface area contributed by atoms with Crippen molar-refractivity contribution in [2.75, 3.05) is 6.61 Å². The first-order valence-corrected chi connectivity index (χ1v) is 6.67. The second-order valence-electron chi connectivity index (χ2n) is 4.28. The number of rotatable bonds is 9. The SMILES string of the molecule is CCCC(=O)CCCC=CCOc1ccccc1. The second kappa shape index (κ2) is 9.46. The molecule has 0 bridgehead atoms. The monoisotopic (exact) mass is 246 g/mol. The largest absolute Gasteiger partial charge is 0.490 e. The molecule has 0 amide bonds. The minimum absolute atomic E-state index is 0.381. The van der Waals surface area contributed by atoms with Gasteiger partial charge in [0.25, 0.3) is 0 Å². The number of allylic oxidation sites excluding steroid dienone is 1. The van der Waals surface area contributed by atoms with Gasteiger partial charge in [-0.15, -0.1) is 0 Å². The smallest absolute Gasteiger partial charge is 0.132 e. The Labute approximate surface area is 110 Å². The summed E-state index contributed by atoms with van der Waals surface area (Å²) in [5, 5.41) is 0. The van der Waals surface area contributed by atoms with Crippen LogP contribution in [0.4, 0.5) is 0 Å². The molecule has 1 aromatic rings. The molecule has 98 valence electrons. The molecule has 0 aromatic heterocycles. The summed E-state index contributed by atoms with van der Waals surface area (Å²) in [6.07, 6.45) is 8.38. The summed E-state index contributed by atoms with van der Waals surface area (Å²) in [6.45, 7) is 2.63. The maximum atomic E-state index is 11.3. The quantitative estimate of drug-likeness (QED) is 0.483. The number of ether oxygens (including phenoxy) is 1. The predicted molar refractivity (Wildman–Crippen MR) is 74.8 cm³/mol. The van der Waals surface area contributed by atoms with Gasteiger partial charge in [-0.05, 0) is 31.4 Å². The Bertz CT molecular complexity index is 355. The number of benzene rings is 1. The van der Waals surface area contributed by atoms with Gasteiger partial charge in [0.1, 0.15) is 18.1 Å². The van der Waals surface area contributed by atoms with E-state index in [1.54, 1.807) is 0 Å². The highest BCUT2D eigenvalue weighted by Gasteiger charge is 1.97. The number of Topliss-reactive ketones (excluding diaryl/α,β-unsaturated/α-hetero) is 1. The summed E-state index contributed by atoms with van der Waals surface area (Å²) in [7, 11) is 0. The van der Waals surface area contributed by atoms with Crippen molar-refractivity contribution in [2.24, 2.45) is 0 Å². The van der Waals surface area contributed by atoms with E-state index in [-0.39, 0.29) is 0 Å². The zero-order valence-corrected chi connectivity index (χ0v) is 11.1. The zero-order chi connectivity index (χ0) is 13.1. The van der Waals surface area contributed by atoms with E-state index in [9.17, 15) is 4.79 Å². The molecule has 0 N–H and O–H groups in total. The molecule has 0 atom stereocenters. The van der Waals surface area contributed by atoms with Gasteiger partial charge >= 0.3 is 0 Å². The lowest BCUT2D eigenvalue weighted by atomic mass is 10.1. The van der Waals surface area contributed by atoms with Gasteiger partial charge in [-0.3, -0.25) is 4.79 Å². The molecule has 1 rings (SSSR count). The third-order valence-corrected chi connectivity index (χ3v) is 2.61. The van der Waals surface area contributed by atoms with Crippen LogP contribution in [-0.2, 0) is 4.79 Å². The molecule has 18 heavy (non-hydrogen) atoms. The lowest BCUT2D eigenvalue weighted by Gasteiger charge is -2.01. The van der Waals surface area contributed by atoms with Crippen molar-refractivity contribution < 1.29 is 9.53 Å². The van der Waals surface area contributed by atoms with Gasteiger partial charge in [0.2, 0.25) is 0 Å². The Balaban J connectivity index is 2.03. The first-order valence-electron chi connectivity index (χ1n) is 6.67. The Kier molecular flexibility index (Phi) is 7.61. The Morgan fingerprint density at radius 2 is 1.94 bits per heavy atom. The molecule has 0 spiro atoms.